The fraction of sp³-hybridized carbons (Fsp3) is 0.562. The number of rotatable bonds is 7. The molecule has 6 nitrogen and oxygen atoms in total. The highest BCUT2D eigenvalue weighted by molar-refractivity contribution is 5.67. The standard InChI is InChI=1S/C16H26FN3O3/c1-16(2,3)23-15(21)19-8-7-11(10-18)20-14-9-12(22-4)5-6-13(14)17/h5-6,9,11,20H,7-8,10,18H2,1-4H3,(H,19,21). The van der Waals surface area contributed by atoms with Crippen LogP contribution >= 0.6 is 0 Å². The minimum atomic E-state index is -0.542. The molecule has 0 fully saturated rings. The van der Waals surface area contributed by atoms with Crippen LogP contribution in [0.25, 0.3) is 0 Å². The third-order valence-corrected chi connectivity index (χ3v) is 2.98. The predicted octanol–water partition coefficient (Wildman–Crippen LogP) is 2.49. The molecule has 1 aromatic rings. The molecule has 0 bridgehead atoms. The predicted molar refractivity (Wildman–Crippen MR) is 88.3 cm³/mol. The van der Waals surface area contributed by atoms with Crippen LogP contribution in [0.4, 0.5) is 14.9 Å². The van der Waals surface area contributed by atoms with E-state index >= 15 is 0 Å². The molecule has 130 valence electrons. The van der Waals surface area contributed by atoms with Gasteiger partial charge in [0.25, 0.3) is 0 Å². The lowest BCUT2D eigenvalue weighted by Crippen LogP contribution is -2.37. The van der Waals surface area contributed by atoms with Crippen molar-refractivity contribution in [2.24, 2.45) is 5.73 Å². The van der Waals surface area contributed by atoms with Crippen molar-refractivity contribution in [1.82, 2.24) is 5.32 Å². The molecule has 0 heterocycles. The molecule has 0 spiro atoms. The van der Waals surface area contributed by atoms with Crippen molar-refractivity contribution < 1.29 is 18.7 Å². The normalized spacial score (nSPS) is 12.4. The summed E-state index contributed by atoms with van der Waals surface area (Å²) in [5.41, 5.74) is 5.47. The number of hydrogen-bond donors (Lipinski definition) is 3. The number of anilines is 1. The Kier molecular flexibility index (Phi) is 7.09. The third-order valence-electron chi connectivity index (χ3n) is 2.98. The van der Waals surface area contributed by atoms with E-state index in [1.807, 2.05) is 0 Å². The lowest BCUT2D eigenvalue weighted by Gasteiger charge is -2.21. The van der Waals surface area contributed by atoms with Gasteiger partial charge in [-0.1, -0.05) is 0 Å². The van der Waals surface area contributed by atoms with Gasteiger partial charge in [-0.3, -0.25) is 0 Å². The van der Waals surface area contributed by atoms with E-state index in [0.29, 0.717) is 30.9 Å². The van der Waals surface area contributed by atoms with Crippen molar-refractivity contribution in [2.75, 3.05) is 25.5 Å². The summed E-state index contributed by atoms with van der Waals surface area (Å²) in [6.07, 6.45) is 0.0488. The van der Waals surface area contributed by atoms with E-state index in [0.717, 1.165) is 0 Å². The maximum Gasteiger partial charge on any atom is 0.407 e. The van der Waals surface area contributed by atoms with E-state index in [4.69, 9.17) is 15.2 Å². The van der Waals surface area contributed by atoms with Crippen molar-refractivity contribution in [2.45, 2.75) is 38.8 Å². The van der Waals surface area contributed by atoms with Crippen LogP contribution in [0.1, 0.15) is 27.2 Å². The van der Waals surface area contributed by atoms with Gasteiger partial charge >= 0.3 is 6.09 Å². The van der Waals surface area contributed by atoms with Crippen LogP contribution in [0.3, 0.4) is 0 Å². The molecule has 23 heavy (non-hydrogen) atoms. The van der Waals surface area contributed by atoms with Gasteiger partial charge in [0.05, 0.1) is 12.8 Å². The van der Waals surface area contributed by atoms with Gasteiger partial charge in [0.15, 0.2) is 0 Å². The molecule has 0 aliphatic carbocycles. The first-order valence-corrected chi connectivity index (χ1v) is 7.52. The van der Waals surface area contributed by atoms with Gasteiger partial charge in [0, 0.05) is 25.2 Å². The quantitative estimate of drug-likeness (QED) is 0.716. The molecule has 1 rings (SSSR count). The zero-order valence-corrected chi connectivity index (χ0v) is 14.1. The van der Waals surface area contributed by atoms with E-state index in [9.17, 15) is 9.18 Å². The van der Waals surface area contributed by atoms with Crippen LogP contribution in [0.2, 0.25) is 0 Å². The Balaban J connectivity index is 2.50. The number of methoxy groups -OCH3 is 1. The molecule has 0 radical (unpaired) electrons. The first-order valence-electron chi connectivity index (χ1n) is 7.52. The number of nitrogens with one attached hydrogen (secondary N) is 2. The molecular weight excluding hydrogens is 301 g/mol. The van der Waals surface area contributed by atoms with Crippen LogP contribution in [-0.2, 0) is 4.74 Å². The topological polar surface area (TPSA) is 85.6 Å². The summed E-state index contributed by atoms with van der Waals surface area (Å²) in [7, 11) is 1.52. The number of nitrogens with two attached hydrogens (primary N) is 1. The van der Waals surface area contributed by atoms with Gasteiger partial charge in [0.2, 0.25) is 0 Å². The highest BCUT2D eigenvalue weighted by Gasteiger charge is 2.16. The Hall–Kier alpha value is -2.02. The SMILES string of the molecule is COc1ccc(F)c(NC(CN)CCNC(=O)OC(C)(C)C)c1. The van der Waals surface area contributed by atoms with Crippen LogP contribution in [0.5, 0.6) is 5.75 Å². The van der Waals surface area contributed by atoms with Gasteiger partial charge in [-0.2, -0.15) is 0 Å². The lowest BCUT2D eigenvalue weighted by molar-refractivity contribution is 0.0527. The summed E-state index contributed by atoms with van der Waals surface area (Å²) in [6.45, 7) is 6.05. The Morgan fingerprint density at radius 3 is 2.65 bits per heavy atom. The molecule has 0 saturated heterocycles. The smallest absolute Gasteiger partial charge is 0.407 e. The number of amides is 1. The van der Waals surface area contributed by atoms with Crippen molar-refractivity contribution >= 4 is 11.8 Å². The van der Waals surface area contributed by atoms with E-state index in [2.05, 4.69) is 10.6 Å². The Morgan fingerprint density at radius 1 is 1.39 bits per heavy atom. The summed E-state index contributed by atoms with van der Waals surface area (Å²) in [5.74, 6) is 0.168. The number of ether oxygens (including phenoxy) is 2. The van der Waals surface area contributed by atoms with Gasteiger partial charge in [-0.15, -0.1) is 0 Å². The molecule has 1 atom stereocenters. The molecule has 7 heteroatoms. The first kappa shape index (κ1) is 19.0. The van der Waals surface area contributed by atoms with Gasteiger partial charge in [0.1, 0.15) is 17.2 Å². The largest absolute Gasteiger partial charge is 0.497 e. The highest BCUT2D eigenvalue weighted by Crippen LogP contribution is 2.22. The van der Waals surface area contributed by atoms with Crippen molar-refractivity contribution in [3.63, 3.8) is 0 Å². The lowest BCUT2D eigenvalue weighted by atomic mass is 10.2. The Bertz CT molecular complexity index is 518. The molecule has 0 aliphatic rings. The monoisotopic (exact) mass is 327 g/mol. The molecule has 1 amide bonds. The first-order chi connectivity index (χ1) is 10.7. The van der Waals surface area contributed by atoms with Crippen LogP contribution in [0.15, 0.2) is 18.2 Å². The van der Waals surface area contributed by atoms with Crippen LogP contribution in [0, 0.1) is 5.82 Å². The van der Waals surface area contributed by atoms with Gasteiger partial charge < -0.3 is 25.8 Å². The fourth-order valence-electron chi connectivity index (χ4n) is 1.87. The van der Waals surface area contributed by atoms with Crippen molar-refractivity contribution in [3.05, 3.63) is 24.0 Å². The van der Waals surface area contributed by atoms with E-state index < -0.39 is 11.7 Å². The maximum absolute atomic E-state index is 13.8. The average Bonchev–Trinajstić information content (AvgIpc) is 2.46. The Morgan fingerprint density at radius 2 is 2.09 bits per heavy atom. The molecule has 1 unspecified atom stereocenters. The second-order valence-electron chi connectivity index (χ2n) is 6.14. The van der Waals surface area contributed by atoms with Crippen molar-refractivity contribution in [3.8, 4) is 5.75 Å². The molecule has 4 N–H and O–H groups in total. The van der Waals surface area contributed by atoms with Crippen molar-refractivity contribution in [1.29, 1.82) is 0 Å². The number of carbonyl (C=O) groups is 1. The minimum absolute atomic E-state index is 0.188. The molecule has 0 aromatic heterocycles. The fourth-order valence-corrected chi connectivity index (χ4v) is 1.87. The summed E-state index contributed by atoms with van der Waals surface area (Å²) >= 11 is 0. The van der Waals surface area contributed by atoms with E-state index in [1.165, 1.54) is 13.2 Å². The zero-order chi connectivity index (χ0) is 17.5. The number of benzene rings is 1. The molecule has 0 saturated carbocycles. The van der Waals surface area contributed by atoms with E-state index in [1.54, 1.807) is 32.9 Å². The molecule has 1 aromatic carbocycles. The number of carbonyl (C=O) groups excluding carboxylic acids is 1. The average molecular weight is 327 g/mol. The van der Waals surface area contributed by atoms with Gasteiger partial charge in [-0.25, -0.2) is 9.18 Å². The Labute approximate surface area is 136 Å². The molecular formula is C16H26FN3O3. The maximum atomic E-state index is 13.8. The summed E-state index contributed by atoms with van der Waals surface area (Å²) in [5, 5.41) is 5.67. The van der Waals surface area contributed by atoms with Crippen LogP contribution < -0.4 is 21.1 Å². The second-order valence-corrected chi connectivity index (χ2v) is 6.14. The highest BCUT2D eigenvalue weighted by atomic mass is 19.1. The second kappa shape index (κ2) is 8.57. The van der Waals surface area contributed by atoms with Gasteiger partial charge in [-0.05, 0) is 39.3 Å². The summed E-state index contributed by atoms with van der Waals surface area (Å²) in [6, 6.07) is 4.25. The summed E-state index contributed by atoms with van der Waals surface area (Å²) < 4.78 is 24.0. The third kappa shape index (κ3) is 7.19. The summed E-state index contributed by atoms with van der Waals surface area (Å²) in [4.78, 5) is 11.6. The minimum Gasteiger partial charge on any atom is -0.497 e. The number of halogens is 1. The zero-order valence-electron chi connectivity index (χ0n) is 14.1. The number of alkyl carbamates (subject to hydrolysis) is 1. The van der Waals surface area contributed by atoms with E-state index in [-0.39, 0.29) is 11.9 Å². The van der Waals surface area contributed by atoms with Crippen LogP contribution in [-0.4, -0.2) is 37.9 Å². The number of hydrogen-bond acceptors (Lipinski definition) is 5. The molecule has 0 aliphatic heterocycles.